The molecule has 1 aromatic rings. The minimum Gasteiger partial charge on any atom is -0.396 e. The fraction of sp³-hybridized carbons (Fsp3) is 0.769. The van der Waals surface area contributed by atoms with E-state index in [4.69, 9.17) is 11.6 Å². The van der Waals surface area contributed by atoms with Crippen molar-refractivity contribution in [3.63, 3.8) is 0 Å². The average Bonchev–Trinajstić information content (AvgIpc) is 2.97. The van der Waals surface area contributed by atoms with Crippen molar-refractivity contribution >= 4 is 11.6 Å². The molecule has 4 nitrogen and oxygen atoms in total. The lowest BCUT2D eigenvalue weighted by Crippen LogP contribution is -2.31. The number of hydrogen-bond donors (Lipinski definition) is 2. The molecule has 1 unspecified atom stereocenters. The summed E-state index contributed by atoms with van der Waals surface area (Å²) in [7, 11) is 0. The van der Waals surface area contributed by atoms with Crippen LogP contribution in [-0.4, -0.2) is 34.6 Å². The molecule has 1 aliphatic heterocycles. The van der Waals surface area contributed by atoms with E-state index >= 15 is 0 Å². The molecule has 2 rings (SSSR count). The maximum absolute atomic E-state index is 9.68. The van der Waals surface area contributed by atoms with Gasteiger partial charge in [0.25, 0.3) is 0 Å². The largest absolute Gasteiger partial charge is 0.396 e. The number of aliphatic hydroxyl groups is 1. The van der Waals surface area contributed by atoms with Crippen molar-refractivity contribution in [1.82, 2.24) is 15.1 Å². The van der Waals surface area contributed by atoms with Crippen LogP contribution in [0.15, 0.2) is 0 Å². The quantitative estimate of drug-likeness (QED) is 0.856. The zero-order chi connectivity index (χ0) is 13.2. The Bertz CT molecular complexity index is 411. The molecule has 102 valence electrons. The lowest BCUT2D eigenvalue weighted by Gasteiger charge is -2.25. The number of nitrogens with one attached hydrogen (secondary N) is 1. The first-order valence-electron chi connectivity index (χ1n) is 6.71. The van der Waals surface area contributed by atoms with Gasteiger partial charge in [0.1, 0.15) is 0 Å². The van der Waals surface area contributed by atoms with Gasteiger partial charge in [-0.15, -0.1) is 0 Å². The van der Waals surface area contributed by atoms with Gasteiger partial charge in [-0.25, -0.2) is 0 Å². The molecule has 0 aliphatic carbocycles. The SMILES string of the molecule is CCc1nn(CC)c(CC2(CO)CCNC2)c1Cl. The Balaban J connectivity index is 2.29. The van der Waals surface area contributed by atoms with Crippen molar-refractivity contribution < 1.29 is 5.11 Å². The minimum atomic E-state index is -0.0679. The Morgan fingerprint density at radius 2 is 2.28 bits per heavy atom. The predicted molar refractivity (Wildman–Crippen MR) is 73.0 cm³/mol. The number of halogens is 1. The molecule has 1 fully saturated rings. The van der Waals surface area contributed by atoms with Gasteiger partial charge in [-0.1, -0.05) is 18.5 Å². The standard InChI is InChI=1S/C13H22ClN3O/c1-3-10-12(14)11(17(4-2)16-10)7-13(9-18)5-6-15-8-13/h15,18H,3-9H2,1-2H3. The molecule has 1 atom stereocenters. The lowest BCUT2D eigenvalue weighted by molar-refractivity contribution is 0.140. The van der Waals surface area contributed by atoms with Crippen LogP contribution in [0.4, 0.5) is 0 Å². The van der Waals surface area contributed by atoms with Gasteiger partial charge in [0.15, 0.2) is 0 Å². The highest BCUT2D eigenvalue weighted by Gasteiger charge is 2.35. The molecule has 0 amide bonds. The van der Waals surface area contributed by atoms with E-state index in [1.54, 1.807) is 0 Å². The smallest absolute Gasteiger partial charge is 0.0850 e. The lowest BCUT2D eigenvalue weighted by atomic mass is 9.83. The van der Waals surface area contributed by atoms with Crippen molar-refractivity contribution in [3.8, 4) is 0 Å². The topological polar surface area (TPSA) is 50.1 Å². The normalized spacial score (nSPS) is 23.8. The highest BCUT2D eigenvalue weighted by Crippen LogP contribution is 2.33. The van der Waals surface area contributed by atoms with Crippen molar-refractivity contribution in [2.24, 2.45) is 5.41 Å². The summed E-state index contributed by atoms with van der Waals surface area (Å²) in [6.07, 6.45) is 2.65. The first kappa shape index (κ1) is 13.8. The molecule has 0 saturated carbocycles. The summed E-state index contributed by atoms with van der Waals surface area (Å²) < 4.78 is 1.98. The summed E-state index contributed by atoms with van der Waals surface area (Å²) in [6.45, 7) is 6.99. The molecular weight excluding hydrogens is 250 g/mol. The first-order chi connectivity index (χ1) is 8.65. The average molecular weight is 272 g/mol. The highest BCUT2D eigenvalue weighted by atomic mass is 35.5. The number of aryl methyl sites for hydroxylation is 2. The summed E-state index contributed by atoms with van der Waals surface area (Å²) >= 11 is 6.42. The maximum Gasteiger partial charge on any atom is 0.0850 e. The number of nitrogens with zero attached hydrogens (tertiary/aromatic N) is 2. The van der Waals surface area contributed by atoms with Crippen LogP contribution >= 0.6 is 11.6 Å². The van der Waals surface area contributed by atoms with Crippen LogP contribution in [0.25, 0.3) is 0 Å². The van der Waals surface area contributed by atoms with E-state index < -0.39 is 0 Å². The molecule has 5 heteroatoms. The van der Waals surface area contributed by atoms with E-state index in [1.807, 2.05) is 4.68 Å². The molecule has 1 saturated heterocycles. The molecule has 2 N–H and O–H groups in total. The molecule has 1 aromatic heterocycles. The van der Waals surface area contributed by atoms with Gasteiger partial charge in [-0.3, -0.25) is 4.68 Å². The second kappa shape index (κ2) is 5.59. The van der Waals surface area contributed by atoms with E-state index in [-0.39, 0.29) is 12.0 Å². The Morgan fingerprint density at radius 1 is 1.50 bits per heavy atom. The highest BCUT2D eigenvalue weighted by molar-refractivity contribution is 6.31. The zero-order valence-electron chi connectivity index (χ0n) is 11.2. The summed E-state index contributed by atoms with van der Waals surface area (Å²) in [5.74, 6) is 0. The van der Waals surface area contributed by atoms with Gasteiger partial charge in [0, 0.05) is 18.5 Å². The van der Waals surface area contributed by atoms with E-state index in [2.05, 4.69) is 24.3 Å². The van der Waals surface area contributed by atoms with Crippen LogP contribution < -0.4 is 5.32 Å². The molecule has 0 aromatic carbocycles. The van der Waals surface area contributed by atoms with Gasteiger partial charge in [0.2, 0.25) is 0 Å². The Labute approximate surface area is 113 Å². The molecule has 0 bridgehead atoms. The third kappa shape index (κ3) is 2.42. The fourth-order valence-corrected chi connectivity index (χ4v) is 3.01. The molecule has 0 spiro atoms. The molecule has 18 heavy (non-hydrogen) atoms. The second-order valence-electron chi connectivity index (χ2n) is 5.14. The van der Waals surface area contributed by atoms with Gasteiger partial charge in [-0.2, -0.15) is 5.10 Å². The summed E-state index contributed by atoms with van der Waals surface area (Å²) in [5, 5.41) is 18.3. The summed E-state index contributed by atoms with van der Waals surface area (Å²) in [4.78, 5) is 0. The number of aromatic nitrogens is 2. The monoisotopic (exact) mass is 271 g/mol. The second-order valence-corrected chi connectivity index (χ2v) is 5.52. The van der Waals surface area contributed by atoms with E-state index in [9.17, 15) is 5.11 Å². The molecule has 0 radical (unpaired) electrons. The number of hydrogen-bond acceptors (Lipinski definition) is 3. The van der Waals surface area contributed by atoms with Gasteiger partial charge < -0.3 is 10.4 Å². The summed E-state index contributed by atoms with van der Waals surface area (Å²) in [6, 6.07) is 0. The Hall–Kier alpha value is -0.580. The predicted octanol–water partition coefficient (Wildman–Crippen LogP) is 1.63. The minimum absolute atomic E-state index is 0.0679. The first-order valence-corrected chi connectivity index (χ1v) is 7.09. The van der Waals surface area contributed by atoms with Crippen molar-refractivity contribution in [3.05, 3.63) is 16.4 Å². The number of rotatable bonds is 5. The molecular formula is C13H22ClN3O. The third-order valence-corrected chi connectivity index (χ3v) is 4.34. The van der Waals surface area contributed by atoms with Crippen LogP contribution in [0.2, 0.25) is 5.02 Å². The van der Waals surface area contributed by atoms with Gasteiger partial charge in [0.05, 0.1) is 23.0 Å². The summed E-state index contributed by atoms with van der Waals surface area (Å²) in [5.41, 5.74) is 1.98. The molecule has 2 heterocycles. The van der Waals surface area contributed by atoms with E-state index in [0.29, 0.717) is 0 Å². The van der Waals surface area contributed by atoms with E-state index in [0.717, 1.165) is 55.3 Å². The zero-order valence-corrected chi connectivity index (χ0v) is 11.9. The third-order valence-electron chi connectivity index (χ3n) is 3.90. The van der Waals surface area contributed by atoms with Crippen molar-refractivity contribution in [2.45, 2.75) is 39.7 Å². The van der Waals surface area contributed by atoms with Crippen LogP contribution in [0.1, 0.15) is 31.7 Å². The number of aliphatic hydroxyl groups excluding tert-OH is 1. The van der Waals surface area contributed by atoms with Crippen LogP contribution in [-0.2, 0) is 19.4 Å². The van der Waals surface area contributed by atoms with Gasteiger partial charge >= 0.3 is 0 Å². The van der Waals surface area contributed by atoms with Gasteiger partial charge in [-0.05, 0) is 32.7 Å². The van der Waals surface area contributed by atoms with E-state index in [1.165, 1.54) is 0 Å². The Kier molecular flexibility index (Phi) is 4.30. The van der Waals surface area contributed by atoms with Crippen molar-refractivity contribution in [2.75, 3.05) is 19.7 Å². The fourth-order valence-electron chi connectivity index (χ4n) is 2.68. The van der Waals surface area contributed by atoms with Crippen LogP contribution in [0.3, 0.4) is 0 Å². The van der Waals surface area contributed by atoms with Crippen LogP contribution in [0, 0.1) is 5.41 Å². The van der Waals surface area contributed by atoms with Crippen LogP contribution in [0.5, 0.6) is 0 Å². The maximum atomic E-state index is 9.68. The Morgan fingerprint density at radius 3 is 2.78 bits per heavy atom. The molecule has 1 aliphatic rings. The van der Waals surface area contributed by atoms with Crippen molar-refractivity contribution in [1.29, 1.82) is 0 Å².